The maximum absolute atomic E-state index is 12.7. The van der Waals surface area contributed by atoms with Gasteiger partial charge >= 0.3 is 0 Å². The largest absolute Gasteiger partial charge is 0.409 e. The molecular formula is C12H26N4O3S. The molecule has 1 saturated heterocycles. The van der Waals surface area contributed by atoms with Crippen molar-refractivity contribution in [1.82, 2.24) is 8.61 Å². The molecule has 3 N–H and O–H groups in total. The summed E-state index contributed by atoms with van der Waals surface area (Å²) in [6.07, 6.45) is 2.86. The molecule has 20 heavy (non-hydrogen) atoms. The summed E-state index contributed by atoms with van der Waals surface area (Å²) < 4.78 is 28.3. The number of oxime groups is 1. The van der Waals surface area contributed by atoms with E-state index in [0.29, 0.717) is 13.1 Å². The molecule has 8 heteroatoms. The second-order valence-corrected chi connectivity index (χ2v) is 7.22. The minimum Gasteiger partial charge on any atom is -0.409 e. The fraction of sp³-hybridized carbons (Fsp3) is 0.917. The van der Waals surface area contributed by atoms with Crippen LogP contribution in [0.15, 0.2) is 5.16 Å². The Kier molecular flexibility index (Phi) is 6.22. The fourth-order valence-corrected chi connectivity index (χ4v) is 4.40. The average Bonchev–Trinajstić information content (AvgIpc) is 2.43. The Hall–Kier alpha value is -0.860. The molecule has 118 valence electrons. The van der Waals surface area contributed by atoms with E-state index in [1.807, 2.05) is 6.92 Å². The quantitative estimate of drug-likeness (QED) is 0.328. The van der Waals surface area contributed by atoms with Gasteiger partial charge < -0.3 is 10.9 Å². The Bertz CT molecular complexity index is 438. The number of hydrogen-bond donors (Lipinski definition) is 2. The van der Waals surface area contributed by atoms with Crippen molar-refractivity contribution < 1.29 is 13.6 Å². The summed E-state index contributed by atoms with van der Waals surface area (Å²) in [5, 5.41) is 11.6. The van der Waals surface area contributed by atoms with Crippen LogP contribution in [0.1, 0.15) is 40.0 Å². The third-order valence-electron chi connectivity index (χ3n) is 3.82. The fourth-order valence-electron chi connectivity index (χ4n) is 2.45. The lowest BCUT2D eigenvalue weighted by molar-refractivity contribution is 0.242. The summed E-state index contributed by atoms with van der Waals surface area (Å²) in [6, 6.07) is 0.0296. The third kappa shape index (κ3) is 3.83. The molecule has 7 nitrogen and oxygen atoms in total. The van der Waals surface area contributed by atoms with Crippen LogP contribution >= 0.6 is 0 Å². The number of hydrogen-bond acceptors (Lipinski definition) is 4. The summed E-state index contributed by atoms with van der Waals surface area (Å²) >= 11 is 0. The lowest BCUT2D eigenvalue weighted by atomic mass is 10.1. The van der Waals surface area contributed by atoms with Gasteiger partial charge in [0.1, 0.15) is 5.84 Å². The number of nitrogens with two attached hydrogens (primary N) is 1. The van der Waals surface area contributed by atoms with Crippen molar-refractivity contribution in [1.29, 1.82) is 0 Å². The normalized spacial score (nSPS) is 24.0. The van der Waals surface area contributed by atoms with Crippen LogP contribution in [-0.4, -0.2) is 53.7 Å². The Labute approximate surface area is 121 Å². The topological polar surface area (TPSA) is 99.2 Å². The van der Waals surface area contributed by atoms with Crippen molar-refractivity contribution in [3.8, 4) is 0 Å². The Balaban J connectivity index is 2.86. The molecule has 1 rings (SSSR count). The molecule has 0 spiro atoms. The van der Waals surface area contributed by atoms with Gasteiger partial charge in [0.15, 0.2) is 0 Å². The van der Waals surface area contributed by atoms with Gasteiger partial charge in [-0.1, -0.05) is 25.4 Å². The summed E-state index contributed by atoms with van der Waals surface area (Å²) in [5.74, 6) is -0.278. The van der Waals surface area contributed by atoms with Gasteiger partial charge in [-0.2, -0.15) is 17.0 Å². The van der Waals surface area contributed by atoms with Crippen LogP contribution in [0.3, 0.4) is 0 Å². The molecule has 1 fully saturated rings. The molecule has 2 unspecified atom stereocenters. The van der Waals surface area contributed by atoms with Gasteiger partial charge in [0.25, 0.3) is 10.2 Å². The first-order valence-electron chi connectivity index (χ1n) is 7.08. The molecule has 0 bridgehead atoms. The molecule has 0 radical (unpaired) electrons. The van der Waals surface area contributed by atoms with Crippen LogP contribution in [0.4, 0.5) is 0 Å². The van der Waals surface area contributed by atoms with E-state index in [0.717, 1.165) is 19.3 Å². The highest BCUT2D eigenvalue weighted by atomic mass is 32.2. The standard InChI is InChI=1S/C12H26N4O3S/c1-4-15(9-10(2)12(13)14-17)20(18,19)16-8-6-5-7-11(16)3/h10-11,17H,4-9H2,1-3H3,(H2,13,14). The van der Waals surface area contributed by atoms with Gasteiger partial charge in [0.2, 0.25) is 0 Å². The highest BCUT2D eigenvalue weighted by molar-refractivity contribution is 7.86. The van der Waals surface area contributed by atoms with Gasteiger partial charge in [0, 0.05) is 31.6 Å². The lowest BCUT2D eigenvalue weighted by Crippen LogP contribution is -2.51. The third-order valence-corrected chi connectivity index (χ3v) is 6.01. The first kappa shape index (κ1) is 17.2. The van der Waals surface area contributed by atoms with E-state index in [-0.39, 0.29) is 24.3 Å². The van der Waals surface area contributed by atoms with Gasteiger partial charge in [-0.05, 0) is 19.8 Å². The zero-order valence-corrected chi connectivity index (χ0v) is 13.3. The maximum Gasteiger partial charge on any atom is 0.282 e. The van der Waals surface area contributed by atoms with Crippen LogP contribution in [0.25, 0.3) is 0 Å². The molecule has 0 saturated carbocycles. The molecule has 1 heterocycles. The second kappa shape index (κ2) is 7.24. The van der Waals surface area contributed by atoms with Crippen molar-refractivity contribution in [2.24, 2.45) is 16.8 Å². The molecule has 0 aromatic heterocycles. The molecular weight excluding hydrogens is 280 g/mol. The summed E-state index contributed by atoms with van der Waals surface area (Å²) in [7, 11) is -3.49. The van der Waals surface area contributed by atoms with Gasteiger partial charge in [-0.3, -0.25) is 0 Å². The molecule has 1 aliphatic heterocycles. The molecule has 0 amide bonds. The van der Waals surface area contributed by atoms with E-state index >= 15 is 0 Å². The van der Waals surface area contributed by atoms with Crippen LogP contribution in [0, 0.1) is 5.92 Å². The number of rotatable bonds is 6. The van der Waals surface area contributed by atoms with E-state index in [1.165, 1.54) is 4.31 Å². The molecule has 0 aliphatic carbocycles. The SMILES string of the molecule is CCN(CC(C)C(N)=NO)S(=O)(=O)N1CCCCC1C. The average molecular weight is 306 g/mol. The Morgan fingerprint density at radius 3 is 2.70 bits per heavy atom. The van der Waals surface area contributed by atoms with Gasteiger partial charge in [-0.15, -0.1) is 0 Å². The predicted octanol–water partition coefficient (Wildman–Crippen LogP) is 0.810. The van der Waals surface area contributed by atoms with Crippen molar-refractivity contribution in [3.05, 3.63) is 0 Å². The van der Waals surface area contributed by atoms with Crippen LogP contribution in [-0.2, 0) is 10.2 Å². The van der Waals surface area contributed by atoms with E-state index in [2.05, 4.69) is 5.16 Å². The van der Waals surface area contributed by atoms with Crippen molar-refractivity contribution in [3.63, 3.8) is 0 Å². The van der Waals surface area contributed by atoms with Gasteiger partial charge in [0.05, 0.1) is 0 Å². The smallest absolute Gasteiger partial charge is 0.282 e. The summed E-state index contributed by atoms with van der Waals surface area (Å²) in [5.41, 5.74) is 5.53. The van der Waals surface area contributed by atoms with Crippen LogP contribution in [0.2, 0.25) is 0 Å². The summed E-state index contributed by atoms with van der Waals surface area (Å²) in [4.78, 5) is 0. The van der Waals surface area contributed by atoms with Gasteiger partial charge in [-0.25, -0.2) is 0 Å². The monoisotopic (exact) mass is 306 g/mol. The minimum absolute atomic E-state index is 0.0296. The summed E-state index contributed by atoms with van der Waals surface area (Å²) in [6.45, 7) is 6.64. The highest BCUT2D eigenvalue weighted by Gasteiger charge is 2.34. The van der Waals surface area contributed by atoms with E-state index in [1.54, 1.807) is 18.2 Å². The number of amidine groups is 1. The van der Waals surface area contributed by atoms with Crippen molar-refractivity contribution in [2.75, 3.05) is 19.6 Å². The van der Waals surface area contributed by atoms with E-state index in [9.17, 15) is 8.42 Å². The Morgan fingerprint density at radius 1 is 1.55 bits per heavy atom. The molecule has 0 aromatic rings. The molecule has 0 aromatic carbocycles. The predicted molar refractivity (Wildman–Crippen MR) is 78.8 cm³/mol. The maximum atomic E-state index is 12.7. The highest BCUT2D eigenvalue weighted by Crippen LogP contribution is 2.22. The first-order valence-corrected chi connectivity index (χ1v) is 8.48. The van der Waals surface area contributed by atoms with Crippen LogP contribution < -0.4 is 5.73 Å². The molecule has 1 aliphatic rings. The van der Waals surface area contributed by atoms with Crippen LogP contribution in [0.5, 0.6) is 0 Å². The minimum atomic E-state index is -3.49. The second-order valence-electron chi connectivity index (χ2n) is 5.34. The first-order chi connectivity index (χ1) is 9.34. The van der Waals surface area contributed by atoms with Crippen molar-refractivity contribution in [2.45, 2.75) is 46.1 Å². The lowest BCUT2D eigenvalue weighted by Gasteiger charge is -2.36. The van der Waals surface area contributed by atoms with E-state index < -0.39 is 10.2 Å². The van der Waals surface area contributed by atoms with Crippen molar-refractivity contribution >= 4 is 16.0 Å². The zero-order chi connectivity index (χ0) is 15.3. The number of nitrogens with zero attached hydrogens (tertiary/aromatic N) is 3. The van der Waals surface area contributed by atoms with E-state index in [4.69, 9.17) is 10.9 Å². The number of piperidine rings is 1. The zero-order valence-electron chi connectivity index (χ0n) is 12.5. The molecule has 2 atom stereocenters. The Morgan fingerprint density at radius 2 is 2.20 bits per heavy atom.